The smallest absolute Gasteiger partial charge is 0.119 e. The van der Waals surface area contributed by atoms with Crippen molar-refractivity contribution in [3.05, 3.63) is 29.8 Å². The number of benzene rings is 1. The van der Waals surface area contributed by atoms with Gasteiger partial charge < -0.3 is 15.2 Å². The van der Waals surface area contributed by atoms with Crippen LogP contribution in [0.2, 0.25) is 0 Å². The van der Waals surface area contributed by atoms with E-state index in [0.29, 0.717) is 6.10 Å². The minimum absolute atomic E-state index is 0.151. The maximum absolute atomic E-state index is 6.14. The van der Waals surface area contributed by atoms with Gasteiger partial charge in [0, 0.05) is 18.9 Å². The summed E-state index contributed by atoms with van der Waals surface area (Å²) in [6.07, 6.45) is 7.00. The predicted molar refractivity (Wildman–Crippen MR) is 80.0 cm³/mol. The van der Waals surface area contributed by atoms with Gasteiger partial charge in [0.15, 0.2) is 0 Å². The van der Waals surface area contributed by atoms with Crippen LogP contribution in [-0.4, -0.2) is 24.4 Å². The van der Waals surface area contributed by atoms with Crippen LogP contribution >= 0.6 is 0 Å². The molecule has 1 aliphatic carbocycles. The van der Waals surface area contributed by atoms with Crippen LogP contribution in [0.1, 0.15) is 44.6 Å². The van der Waals surface area contributed by atoms with Gasteiger partial charge in [-0.15, -0.1) is 0 Å². The van der Waals surface area contributed by atoms with Crippen LogP contribution in [0.5, 0.6) is 5.75 Å². The molecule has 2 unspecified atom stereocenters. The van der Waals surface area contributed by atoms with E-state index < -0.39 is 0 Å². The van der Waals surface area contributed by atoms with Crippen molar-refractivity contribution in [3.63, 3.8) is 0 Å². The second-order valence-corrected chi connectivity index (χ2v) is 6.44. The molecule has 1 saturated heterocycles. The standard InChI is InChI=1S/C17H25NO2/c1-13(18)11-14-3-5-15(6-4-14)20-16-7-10-19-17(12-16)8-2-9-17/h3-6,13,16H,2,7-12,18H2,1H3. The van der Waals surface area contributed by atoms with Crippen molar-refractivity contribution in [2.45, 2.75) is 63.2 Å². The second kappa shape index (κ2) is 5.74. The van der Waals surface area contributed by atoms with E-state index in [1.54, 1.807) is 0 Å². The minimum atomic E-state index is 0.151. The van der Waals surface area contributed by atoms with E-state index >= 15 is 0 Å². The summed E-state index contributed by atoms with van der Waals surface area (Å²) in [4.78, 5) is 0. The lowest BCUT2D eigenvalue weighted by atomic mass is 9.74. The van der Waals surface area contributed by atoms with E-state index in [0.717, 1.165) is 31.6 Å². The summed E-state index contributed by atoms with van der Waals surface area (Å²) in [5.41, 5.74) is 7.24. The van der Waals surface area contributed by atoms with Gasteiger partial charge in [0.25, 0.3) is 0 Å². The van der Waals surface area contributed by atoms with Gasteiger partial charge >= 0.3 is 0 Å². The quantitative estimate of drug-likeness (QED) is 0.918. The van der Waals surface area contributed by atoms with E-state index in [2.05, 4.69) is 24.3 Å². The number of hydrogen-bond acceptors (Lipinski definition) is 3. The van der Waals surface area contributed by atoms with E-state index in [4.69, 9.17) is 15.2 Å². The molecule has 3 heteroatoms. The third kappa shape index (κ3) is 3.15. The highest BCUT2D eigenvalue weighted by atomic mass is 16.5. The van der Waals surface area contributed by atoms with Crippen molar-refractivity contribution in [3.8, 4) is 5.75 Å². The summed E-state index contributed by atoms with van der Waals surface area (Å²) in [6.45, 7) is 2.87. The van der Waals surface area contributed by atoms with Crippen molar-refractivity contribution in [1.29, 1.82) is 0 Å². The highest BCUT2D eigenvalue weighted by Crippen LogP contribution is 2.43. The first kappa shape index (κ1) is 13.9. The number of ether oxygens (including phenoxy) is 2. The second-order valence-electron chi connectivity index (χ2n) is 6.44. The molecule has 2 N–H and O–H groups in total. The summed E-state index contributed by atoms with van der Waals surface area (Å²) in [5, 5.41) is 0. The molecule has 1 aromatic rings. The Kier molecular flexibility index (Phi) is 3.99. The summed E-state index contributed by atoms with van der Waals surface area (Å²) in [7, 11) is 0. The Morgan fingerprint density at radius 2 is 2.10 bits per heavy atom. The third-order valence-corrected chi connectivity index (χ3v) is 4.50. The first-order valence-corrected chi connectivity index (χ1v) is 7.80. The van der Waals surface area contributed by atoms with Crippen molar-refractivity contribution >= 4 is 0 Å². The average molecular weight is 275 g/mol. The van der Waals surface area contributed by atoms with Crippen LogP contribution < -0.4 is 10.5 Å². The monoisotopic (exact) mass is 275 g/mol. The lowest BCUT2D eigenvalue weighted by Crippen LogP contribution is -2.48. The summed E-state index contributed by atoms with van der Waals surface area (Å²) >= 11 is 0. The molecule has 110 valence electrons. The largest absolute Gasteiger partial charge is 0.490 e. The highest BCUT2D eigenvalue weighted by Gasteiger charge is 2.43. The molecule has 20 heavy (non-hydrogen) atoms. The van der Waals surface area contributed by atoms with Gasteiger partial charge in [0.1, 0.15) is 11.9 Å². The molecule has 2 atom stereocenters. The third-order valence-electron chi connectivity index (χ3n) is 4.50. The van der Waals surface area contributed by atoms with Gasteiger partial charge in [-0.1, -0.05) is 12.1 Å². The summed E-state index contributed by atoms with van der Waals surface area (Å²) < 4.78 is 12.1. The molecular formula is C17H25NO2. The zero-order chi connectivity index (χ0) is 14.0. The maximum Gasteiger partial charge on any atom is 0.119 e. The summed E-state index contributed by atoms with van der Waals surface area (Å²) in [6, 6.07) is 8.59. The molecule has 2 aliphatic rings. The fraction of sp³-hybridized carbons (Fsp3) is 0.647. The molecule has 0 amide bonds. The van der Waals surface area contributed by atoms with Gasteiger partial charge in [-0.2, -0.15) is 0 Å². The van der Waals surface area contributed by atoms with Crippen LogP contribution in [0.15, 0.2) is 24.3 Å². The minimum Gasteiger partial charge on any atom is -0.490 e. The van der Waals surface area contributed by atoms with Crippen LogP contribution in [0.4, 0.5) is 0 Å². The molecule has 0 aromatic heterocycles. The molecule has 1 spiro atoms. The number of rotatable bonds is 4. The van der Waals surface area contributed by atoms with E-state index in [-0.39, 0.29) is 11.6 Å². The van der Waals surface area contributed by atoms with Crippen molar-refractivity contribution in [2.24, 2.45) is 5.73 Å². The highest BCUT2D eigenvalue weighted by molar-refractivity contribution is 5.28. The van der Waals surface area contributed by atoms with Gasteiger partial charge in [0.05, 0.1) is 12.2 Å². The molecule has 3 rings (SSSR count). The van der Waals surface area contributed by atoms with Crippen molar-refractivity contribution in [1.82, 2.24) is 0 Å². The van der Waals surface area contributed by atoms with Gasteiger partial charge in [-0.3, -0.25) is 0 Å². The lowest BCUT2D eigenvalue weighted by molar-refractivity contribution is -0.153. The van der Waals surface area contributed by atoms with Crippen molar-refractivity contribution in [2.75, 3.05) is 6.61 Å². The Morgan fingerprint density at radius 1 is 1.35 bits per heavy atom. The molecule has 1 aliphatic heterocycles. The average Bonchev–Trinajstić information content (AvgIpc) is 2.39. The van der Waals surface area contributed by atoms with E-state index in [9.17, 15) is 0 Å². The van der Waals surface area contributed by atoms with E-state index in [1.165, 1.54) is 24.8 Å². The van der Waals surface area contributed by atoms with Crippen molar-refractivity contribution < 1.29 is 9.47 Å². The zero-order valence-electron chi connectivity index (χ0n) is 12.3. The maximum atomic E-state index is 6.14. The number of nitrogens with two attached hydrogens (primary N) is 1. The molecule has 0 radical (unpaired) electrons. The molecule has 3 nitrogen and oxygen atoms in total. The Bertz CT molecular complexity index is 437. The van der Waals surface area contributed by atoms with Crippen LogP contribution in [0.25, 0.3) is 0 Å². The SMILES string of the molecule is CC(N)Cc1ccc(OC2CCOC3(CCC3)C2)cc1. The Morgan fingerprint density at radius 3 is 2.70 bits per heavy atom. The normalized spacial score (nSPS) is 26.0. The predicted octanol–water partition coefficient (Wildman–Crippen LogP) is 3.06. The van der Waals surface area contributed by atoms with Gasteiger partial charge in [-0.05, 0) is 50.3 Å². The van der Waals surface area contributed by atoms with Crippen LogP contribution in [0.3, 0.4) is 0 Å². The first-order valence-electron chi connectivity index (χ1n) is 7.80. The Hall–Kier alpha value is -1.06. The molecule has 0 bridgehead atoms. The molecular weight excluding hydrogens is 250 g/mol. The topological polar surface area (TPSA) is 44.5 Å². The molecule has 2 fully saturated rings. The molecule has 1 heterocycles. The van der Waals surface area contributed by atoms with Gasteiger partial charge in [-0.25, -0.2) is 0 Å². The Labute approximate surface area is 121 Å². The molecule has 1 aromatic carbocycles. The first-order chi connectivity index (χ1) is 9.65. The lowest BCUT2D eigenvalue weighted by Gasteiger charge is -2.46. The molecule has 1 saturated carbocycles. The fourth-order valence-electron chi connectivity index (χ4n) is 3.27. The van der Waals surface area contributed by atoms with Gasteiger partial charge in [0.2, 0.25) is 0 Å². The van der Waals surface area contributed by atoms with E-state index in [1.807, 2.05) is 6.92 Å². The fourth-order valence-corrected chi connectivity index (χ4v) is 3.27. The Balaban J connectivity index is 1.57. The number of hydrogen-bond donors (Lipinski definition) is 1. The van der Waals surface area contributed by atoms with Crippen LogP contribution in [-0.2, 0) is 11.2 Å². The summed E-state index contributed by atoms with van der Waals surface area (Å²) in [5.74, 6) is 0.972. The van der Waals surface area contributed by atoms with Crippen LogP contribution in [0, 0.1) is 0 Å². The zero-order valence-corrected chi connectivity index (χ0v) is 12.3.